The summed E-state index contributed by atoms with van der Waals surface area (Å²) in [5.41, 5.74) is 5.33. The monoisotopic (exact) mass is 167 g/mol. The van der Waals surface area contributed by atoms with Crippen LogP contribution in [0.15, 0.2) is 0 Å². The van der Waals surface area contributed by atoms with E-state index < -0.39 is 11.8 Å². The minimum Gasteiger partial charge on any atom is -0.354 e. The van der Waals surface area contributed by atoms with Crippen molar-refractivity contribution in [3.8, 4) is 0 Å². The first-order valence-corrected chi connectivity index (χ1v) is 3.70. The van der Waals surface area contributed by atoms with Gasteiger partial charge in [0, 0.05) is 12.6 Å². The van der Waals surface area contributed by atoms with Gasteiger partial charge in [0.15, 0.2) is 5.81 Å². The van der Waals surface area contributed by atoms with E-state index in [1.807, 2.05) is 0 Å². The molecule has 6 heteroatoms. The third-order valence-electron chi connectivity index (χ3n) is 1.78. The molecule has 0 aliphatic carbocycles. The Bertz CT molecular complexity index is 209. The molecule has 1 saturated heterocycles. The van der Waals surface area contributed by atoms with Crippen LogP contribution in [0.2, 0.25) is 0 Å². The second-order valence-electron chi connectivity index (χ2n) is 2.74. The molecule has 0 aromatic carbocycles. The lowest BCUT2D eigenvalue weighted by Crippen LogP contribution is -2.39. The quantitative estimate of drug-likeness (QED) is 0.419. The highest BCUT2D eigenvalue weighted by Gasteiger charge is 2.30. The van der Waals surface area contributed by atoms with E-state index in [9.17, 15) is 9.59 Å². The van der Waals surface area contributed by atoms with Crippen LogP contribution in [0, 0.1) is 0 Å². The van der Waals surface area contributed by atoms with Gasteiger partial charge in [-0.3, -0.25) is 9.59 Å². The molecule has 1 heterocycles. The molecule has 0 aromatic rings. The van der Waals surface area contributed by atoms with Gasteiger partial charge in [0.05, 0.1) is 0 Å². The van der Waals surface area contributed by atoms with Gasteiger partial charge in [-0.1, -0.05) is 0 Å². The number of hydrogen-bond donors (Lipinski definition) is 3. The maximum absolute atomic E-state index is 11.0. The highest BCUT2D eigenvalue weighted by atomic mass is 16.2. The summed E-state index contributed by atoms with van der Waals surface area (Å²) in [6.07, 6.45) is 0.512. The molecule has 1 aliphatic rings. The van der Waals surface area contributed by atoms with Crippen LogP contribution in [-0.2, 0) is 4.79 Å². The summed E-state index contributed by atoms with van der Waals surface area (Å²) in [5.74, 6) is -0.905. The molecule has 0 unspecified atom stereocenters. The molecular formula is C6H10BN3O2. The largest absolute Gasteiger partial charge is 0.354 e. The first-order valence-electron chi connectivity index (χ1n) is 3.70. The molecular weight excluding hydrogens is 157 g/mol. The van der Waals surface area contributed by atoms with Gasteiger partial charge in [0.1, 0.15) is 6.04 Å². The number of carbonyl (C=O) groups is 2. The fraction of sp³-hybridized carbons (Fsp3) is 0.667. The number of hydrogen-bond acceptors (Lipinski definition) is 3. The normalized spacial score (nSPS) is 28.2. The van der Waals surface area contributed by atoms with Crippen LogP contribution in [0.3, 0.4) is 0 Å². The van der Waals surface area contributed by atoms with Gasteiger partial charge in [-0.2, -0.15) is 0 Å². The molecule has 2 amide bonds. The lowest BCUT2D eigenvalue weighted by Gasteiger charge is -2.07. The molecule has 0 bridgehead atoms. The number of carbonyl (C=O) groups excluding carboxylic acids is 2. The van der Waals surface area contributed by atoms with Gasteiger partial charge in [0.2, 0.25) is 13.8 Å². The van der Waals surface area contributed by atoms with Crippen LogP contribution in [0.1, 0.15) is 6.42 Å². The molecule has 12 heavy (non-hydrogen) atoms. The number of rotatable bonds is 2. The minimum absolute atomic E-state index is 0.0469. The first kappa shape index (κ1) is 9.06. The van der Waals surface area contributed by atoms with Crippen molar-refractivity contribution in [1.29, 1.82) is 0 Å². The average Bonchev–Trinajstić information content (AvgIpc) is 2.31. The van der Waals surface area contributed by atoms with Crippen molar-refractivity contribution in [3.63, 3.8) is 0 Å². The van der Waals surface area contributed by atoms with Crippen molar-refractivity contribution in [1.82, 2.24) is 10.6 Å². The molecule has 0 spiro atoms. The Balaban J connectivity index is 2.46. The molecule has 4 N–H and O–H groups in total. The lowest BCUT2D eigenvalue weighted by molar-refractivity contribution is -0.120. The number of nitrogens with one attached hydrogen (secondary N) is 2. The van der Waals surface area contributed by atoms with Crippen LogP contribution in [0.4, 0.5) is 4.79 Å². The minimum atomic E-state index is -0.687. The van der Waals surface area contributed by atoms with Crippen LogP contribution in [-0.4, -0.2) is 38.2 Å². The smallest absolute Gasteiger partial charge is 0.242 e. The van der Waals surface area contributed by atoms with E-state index in [1.54, 1.807) is 0 Å². The Labute approximate surface area is 71.5 Å². The third kappa shape index (κ3) is 1.98. The zero-order valence-electron chi connectivity index (χ0n) is 6.54. The highest BCUT2D eigenvalue weighted by molar-refractivity contribution is 6.57. The second kappa shape index (κ2) is 3.58. The fourth-order valence-electron chi connectivity index (χ4n) is 1.20. The molecule has 1 fully saturated rings. The van der Waals surface area contributed by atoms with E-state index >= 15 is 0 Å². The summed E-state index contributed by atoms with van der Waals surface area (Å²) in [5, 5.41) is 4.95. The summed E-state index contributed by atoms with van der Waals surface area (Å²) >= 11 is 0. The van der Waals surface area contributed by atoms with Crippen LogP contribution in [0.25, 0.3) is 0 Å². The third-order valence-corrected chi connectivity index (χ3v) is 1.78. The number of amides is 2. The predicted octanol–water partition coefficient (Wildman–Crippen LogP) is -1.92. The van der Waals surface area contributed by atoms with E-state index in [4.69, 9.17) is 13.6 Å². The van der Waals surface area contributed by atoms with Gasteiger partial charge in [-0.15, -0.1) is 0 Å². The standard InChI is InChI=1S/C6H10BN3O2/c7-6(12)10-4-1-3(2-8)9-5(4)11/h3-4H,1-2,8H2,(H,9,11)(H,10,12)/t3-,4+/m1/s1. The maximum Gasteiger partial charge on any atom is 0.242 e. The van der Waals surface area contributed by atoms with Gasteiger partial charge >= 0.3 is 0 Å². The predicted molar refractivity (Wildman–Crippen MR) is 43.7 cm³/mol. The second-order valence-corrected chi connectivity index (χ2v) is 2.74. The summed E-state index contributed by atoms with van der Waals surface area (Å²) < 4.78 is 0. The lowest BCUT2D eigenvalue weighted by atomic mass is 10.1. The Morgan fingerprint density at radius 1 is 1.83 bits per heavy atom. The Morgan fingerprint density at radius 2 is 2.50 bits per heavy atom. The van der Waals surface area contributed by atoms with E-state index in [2.05, 4.69) is 10.6 Å². The van der Waals surface area contributed by atoms with Crippen molar-refractivity contribution in [3.05, 3.63) is 0 Å². The highest BCUT2D eigenvalue weighted by Crippen LogP contribution is 2.06. The van der Waals surface area contributed by atoms with E-state index in [1.165, 1.54) is 0 Å². The summed E-state index contributed by atoms with van der Waals surface area (Å²) in [6, 6.07) is -0.564. The Kier molecular flexibility index (Phi) is 2.70. The van der Waals surface area contributed by atoms with Gasteiger partial charge < -0.3 is 16.4 Å². The summed E-state index contributed by atoms with van der Waals surface area (Å²) in [4.78, 5) is 21.4. The molecule has 64 valence electrons. The van der Waals surface area contributed by atoms with Gasteiger partial charge in [-0.25, -0.2) is 0 Å². The zero-order valence-corrected chi connectivity index (χ0v) is 6.54. The van der Waals surface area contributed by atoms with Crippen LogP contribution >= 0.6 is 0 Å². The molecule has 5 nitrogen and oxygen atoms in total. The Morgan fingerprint density at radius 3 is 2.92 bits per heavy atom. The SMILES string of the molecule is [B]C(=O)N[C@H]1C[C@H](CN)NC1=O. The summed E-state index contributed by atoms with van der Waals surface area (Å²) in [6.45, 7) is 0.378. The first-order chi connectivity index (χ1) is 5.63. The molecule has 1 rings (SSSR count). The molecule has 0 aromatic heterocycles. The van der Waals surface area contributed by atoms with Crippen molar-refractivity contribution in [2.45, 2.75) is 18.5 Å². The number of nitrogens with two attached hydrogens (primary N) is 1. The van der Waals surface area contributed by atoms with E-state index in [0.29, 0.717) is 13.0 Å². The molecule has 2 atom stereocenters. The van der Waals surface area contributed by atoms with E-state index in [-0.39, 0.29) is 11.9 Å². The maximum atomic E-state index is 11.0. The van der Waals surface area contributed by atoms with E-state index in [0.717, 1.165) is 0 Å². The van der Waals surface area contributed by atoms with Crippen molar-refractivity contribution < 1.29 is 9.59 Å². The molecule has 0 saturated carbocycles. The fourth-order valence-corrected chi connectivity index (χ4v) is 1.20. The molecule has 2 radical (unpaired) electrons. The Hall–Kier alpha value is -1.04. The average molecular weight is 167 g/mol. The summed E-state index contributed by atoms with van der Waals surface area (Å²) in [7, 11) is 4.86. The van der Waals surface area contributed by atoms with Crippen molar-refractivity contribution >= 4 is 19.6 Å². The topological polar surface area (TPSA) is 84.2 Å². The molecule has 1 aliphatic heterocycles. The van der Waals surface area contributed by atoms with Crippen LogP contribution < -0.4 is 16.4 Å². The zero-order chi connectivity index (χ0) is 9.14. The van der Waals surface area contributed by atoms with Gasteiger partial charge in [-0.05, 0) is 6.42 Å². The van der Waals surface area contributed by atoms with Crippen LogP contribution in [0.5, 0.6) is 0 Å². The van der Waals surface area contributed by atoms with Crippen molar-refractivity contribution in [2.75, 3.05) is 6.54 Å². The van der Waals surface area contributed by atoms with Crippen molar-refractivity contribution in [2.24, 2.45) is 5.73 Å². The van der Waals surface area contributed by atoms with Gasteiger partial charge in [0.25, 0.3) is 0 Å².